The Hall–Kier alpha value is -2.36. The zero-order chi connectivity index (χ0) is 15.4. The van der Waals surface area contributed by atoms with E-state index in [1.54, 1.807) is 25.0 Å². The third-order valence-electron chi connectivity index (χ3n) is 3.23. The van der Waals surface area contributed by atoms with E-state index in [1.165, 1.54) is 6.07 Å². The molecule has 5 heteroatoms. The summed E-state index contributed by atoms with van der Waals surface area (Å²) < 4.78 is 5.22. The summed E-state index contributed by atoms with van der Waals surface area (Å²) in [5, 5.41) is 19.3. The second kappa shape index (κ2) is 6.39. The third-order valence-corrected chi connectivity index (χ3v) is 3.23. The Morgan fingerprint density at radius 2 is 2.05 bits per heavy atom. The Morgan fingerprint density at radius 3 is 2.71 bits per heavy atom. The smallest absolute Gasteiger partial charge is 0.339 e. The zero-order valence-corrected chi connectivity index (χ0v) is 11.7. The number of phenols is 1. The fourth-order valence-corrected chi connectivity index (χ4v) is 2.24. The van der Waals surface area contributed by atoms with Crippen LogP contribution in [0.4, 0.5) is 0 Å². The molecule has 0 unspecified atom stereocenters. The minimum Gasteiger partial charge on any atom is -0.508 e. The predicted molar refractivity (Wildman–Crippen MR) is 78.1 cm³/mol. The second-order valence-corrected chi connectivity index (χ2v) is 4.96. The number of rotatable bonds is 5. The average molecular weight is 288 g/mol. The van der Waals surface area contributed by atoms with Gasteiger partial charge in [0.05, 0.1) is 0 Å². The summed E-state index contributed by atoms with van der Waals surface area (Å²) in [4.78, 5) is 22.5. The Kier molecular flexibility index (Phi) is 4.58. The van der Waals surface area contributed by atoms with E-state index in [0.29, 0.717) is 34.9 Å². The fourth-order valence-electron chi connectivity index (χ4n) is 2.24. The maximum absolute atomic E-state index is 11.9. The van der Waals surface area contributed by atoms with E-state index in [-0.39, 0.29) is 18.8 Å². The molecule has 0 fully saturated rings. The number of phenolic OH excluding ortho intramolecular Hbond substituents is 1. The summed E-state index contributed by atoms with van der Waals surface area (Å²) in [5.41, 5.74) is 1.34. The van der Waals surface area contributed by atoms with E-state index in [9.17, 15) is 14.7 Å². The van der Waals surface area contributed by atoms with Crippen molar-refractivity contribution in [2.75, 3.05) is 6.61 Å². The third kappa shape index (κ3) is 3.40. The Balaban J connectivity index is 2.60. The lowest BCUT2D eigenvalue weighted by Gasteiger charge is -2.08. The van der Waals surface area contributed by atoms with Crippen molar-refractivity contribution in [2.24, 2.45) is 0 Å². The molecule has 0 amide bonds. The minimum atomic E-state index is -0.532. The van der Waals surface area contributed by atoms with Gasteiger partial charge in [-0.25, -0.2) is 9.59 Å². The molecule has 0 spiro atoms. The molecule has 110 valence electrons. The molecular formula is C16H16O5. The van der Waals surface area contributed by atoms with Gasteiger partial charge in [0.1, 0.15) is 17.3 Å². The van der Waals surface area contributed by atoms with Crippen LogP contribution in [0.25, 0.3) is 11.0 Å². The van der Waals surface area contributed by atoms with E-state index in [1.807, 2.05) is 0 Å². The van der Waals surface area contributed by atoms with Crippen LogP contribution >= 0.6 is 0 Å². The maximum atomic E-state index is 11.9. The molecule has 0 atom stereocenters. The van der Waals surface area contributed by atoms with E-state index >= 15 is 0 Å². The molecule has 0 saturated carbocycles. The van der Waals surface area contributed by atoms with Crippen LogP contribution in [0.3, 0.4) is 0 Å². The predicted octanol–water partition coefficient (Wildman–Crippen LogP) is 1.74. The van der Waals surface area contributed by atoms with Gasteiger partial charge in [0, 0.05) is 35.6 Å². The molecule has 0 saturated heterocycles. The van der Waals surface area contributed by atoms with Gasteiger partial charge in [0.15, 0.2) is 0 Å². The highest BCUT2D eigenvalue weighted by atomic mass is 16.4. The number of fused-ring (bicyclic) bond motifs is 1. The van der Waals surface area contributed by atoms with Crippen molar-refractivity contribution < 1.29 is 19.4 Å². The molecule has 1 aromatic heterocycles. The van der Waals surface area contributed by atoms with Crippen LogP contribution in [-0.2, 0) is 17.6 Å². The summed E-state index contributed by atoms with van der Waals surface area (Å²) in [6.07, 6.45) is 1.28. The fraction of sp³-hybridized carbons (Fsp3) is 0.312. The van der Waals surface area contributed by atoms with Crippen LogP contribution in [0, 0.1) is 0 Å². The van der Waals surface area contributed by atoms with Gasteiger partial charge < -0.3 is 14.6 Å². The van der Waals surface area contributed by atoms with Crippen LogP contribution in [0.15, 0.2) is 33.0 Å². The van der Waals surface area contributed by atoms with Gasteiger partial charge in [-0.15, -0.1) is 0 Å². The van der Waals surface area contributed by atoms with E-state index in [0.717, 1.165) is 5.56 Å². The van der Waals surface area contributed by atoms with Crippen molar-refractivity contribution in [3.05, 3.63) is 45.3 Å². The molecule has 0 aliphatic heterocycles. The first-order valence-corrected chi connectivity index (χ1v) is 6.65. The number of allylic oxidation sites excluding steroid dienone is 1. The Morgan fingerprint density at radius 1 is 1.29 bits per heavy atom. The van der Waals surface area contributed by atoms with Crippen LogP contribution in [0.5, 0.6) is 5.75 Å². The minimum absolute atomic E-state index is 0.00954. The van der Waals surface area contributed by atoms with Crippen molar-refractivity contribution in [2.45, 2.75) is 26.2 Å². The number of carbonyl (C=O) groups excluding carboxylic acids is 1. The lowest BCUT2D eigenvalue weighted by molar-refractivity contribution is 0.288. The van der Waals surface area contributed by atoms with Gasteiger partial charge in [0.2, 0.25) is 0 Å². The van der Waals surface area contributed by atoms with Gasteiger partial charge >= 0.3 is 5.63 Å². The average Bonchev–Trinajstić information content (AvgIpc) is 2.45. The maximum Gasteiger partial charge on any atom is 0.339 e. The molecular weight excluding hydrogens is 272 g/mol. The first-order chi connectivity index (χ1) is 10.0. The highest BCUT2D eigenvalue weighted by Gasteiger charge is 2.11. The quantitative estimate of drug-likeness (QED) is 0.646. The highest BCUT2D eigenvalue weighted by molar-refractivity contribution is 5.82. The molecule has 2 aromatic rings. The van der Waals surface area contributed by atoms with Gasteiger partial charge in [0.25, 0.3) is 0 Å². The van der Waals surface area contributed by atoms with Gasteiger partial charge in [-0.3, -0.25) is 0 Å². The van der Waals surface area contributed by atoms with Crippen molar-refractivity contribution in [1.82, 2.24) is 0 Å². The SMILES string of the molecule is CC(=C=O)Cc1cc2c(CCCO)cc(O)cc2oc1=O. The summed E-state index contributed by atoms with van der Waals surface area (Å²) in [5.74, 6) is 1.77. The number of aliphatic hydroxyl groups is 1. The molecule has 2 N–H and O–H groups in total. The number of hydrogen-bond acceptors (Lipinski definition) is 5. The van der Waals surface area contributed by atoms with Gasteiger partial charge in [-0.1, -0.05) is 0 Å². The summed E-state index contributed by atoms with van der Waals surface area (Å²) in [7, 11) is 0. The monoisotopic (exact) mass is 288 g/mol. The Bertz CT molecular complexity index is 766. The molecule has 21 heavy (non-hydrogen) atoms. The van der Waals surface area contributed by atoms with Crippen molar-refractivity contribution in [3.63, 3.8) is 0 Å². The lowest BCUT2D eigenvalue weighted by Crippen LogP contribution is -2.08. The summed E-state index contributed by atoms with van der Waals surface area (Å²) >= 11 is 0. The van der Waals surface area contributed by atoms with Gasteiger partial charge in [-0.2, -0.15) is 0 Å². The molecule has 1 heterocycles. The molecule has 5 nitrogen and oxygen atoms in total. The molecule has 0 radical (unpaired) electrons. The van der Waals surface area contributed by atoms with E-state index in [2.05, 4.69) is 0 Å². The number of aromatic hydroxyl groups is 1. The van der Waals surface area contributed by atoms with Crippen molar-refractivity contribution >= 4 is 16.9 Å². The number of hydrogen-bond donors (Lipinski definition) is 2. The standard InChI is InChI=1S/C16H16O5/c1-10(9-18)5-12-7-14-11(3-2-4-17)6-13(19)8-15(14)21-16(12)20/h6-8,17,19H,2-5H2,1H3. The highest BCUT2D eigenvalue weighted by Crippen LogP contribution is 2.26. The van der Waals surface area contributed by atoms with Crippen molar-refractivity contribution in [3.8, 4) is 5.75 Å². The van der Waals surface area contributed by atoms with E-state index < -0.39 is 5.63 Å². The number of aliphatic hydroxyl groups excluding tert-OH is 1. The first-order valence-electron chi connectivity index (χ1n) is 6.65. The molecule has 0 aliphatic carbocycles. The molecule has 0 bridgehead atoms. The van der Waals surface area contributed by atoms with Crippen LogP contribution in [0.2, 0.25) is 0 Å². The lowest BCUT2D eigenvalue weighted by atomic mass is 10.0. The van der Waals surface area contributed by atoms with E-state index in [4.69, 9.17) is 9.52 Å². The molecule has 1 aromatic carbocycles. The van der Waals surface area contributed by atoms with Crippen LogP contribution in [0.1, 0.15) is 24.5 Å². The topological polar surface area (TPSA) is 87.7 Å². The second-order valence-electron chi connectivity index (χ2n) is 4.96. The van der Waals surface area contributed by atoms with Crippen LogP contribution in [-0.4, -0.2) is 22.8 Å². The Labute approximate surface area is 121 Å². The van der Waals surface area contributed by atoms with Crippen molar-refractivity contribution in [1.29, 1.82) is 0 Å². The largest absolute Gasteiger partial charge is 0.508 e. The summed E-state index contributed by atoms with van der Waals surface area (Å²) in [6.45, 7) is 1.63. The zero-order valence-electron chi connectivity index (χ0n) is 11.7. The molecule has 2 rings (SSSR count). The summed E-state index contributed by atoms with van der Waals surface area (Å²) in [6, 6.07) is 4.64. The van der Waals surface area contributed by atoms with Crippen LogP contribution < -0.4 is 5.63 Å². The first kappa shape index (κ1) is 15.0. The number of aryl methyl sites for hydroxylation is 1. The molecule has 0 aliphatic rings. The number of benzene rings is 1. The normalized spacial score (nSPS) is 10.6. The van der Waals surface area contributed by atoms with Gasteiger partial charge in [-0.05, 0) is 37.5 Å².